The van der Waals surface area contributed by atoms with Gasteiger partial charge in [-0.25, -0.2) is 9.37 Å². The average Bonchev–Trinajstić information content (AvgIpc) is 1.77. The minimum atomic E-state index is -1.17. The van der Waals surface area contributed by atoms with Crippen LogP contribution in [0.4, 0.5) is 8.78 Å². The topological polar surface area (TPSA) is 25.8 Å². The van der Waals surface area contributed by atoms with Crippen LogP contribution in [0, 0.1) is 18.1 Å². The molecule has 0 saturated heterocycles. The van der Waals surface area contributed by atoms with Crippen molar-refractivity contribution < 1.29 is 8.78 Å². The van der Waals surface area contributed by atoms with E-state index in [1.165, 1.54) is 0 Å². The largest absolute Gasteiger partial charge is 0.252 e. The van der Waals surface area contributed by atoms with Gasteiger partial charge in [0.1, 0.15) is 0 Å². The zero-order valence-electron chi connectivity index (χ0n) is 3.73. The molecule has 0 spiro atoms. The van der Waals surface area contributed by atoms with E-state index < -0.39 is 11.8 Å². The molecule has 1 rings (SSSR count). The van der Waals surface area contributed by atoms with Crippen molar-refractivity contribution in [1.29, 1.82) is 0 Å². The summed E-state index contributed by atoms with van der Waals surface area (Å²) in [5.74, 6) is -2.22. The standard InChI is InChI=1S/C4HF2N2/c5-3-1-7-2-8-4(3)6/h1H. The third kappa shape index (κ3) is 0.776. The first-order valence-electron chi connectivity index (χ1n) is 1.85. The zero-order valence-corrected chi connectivity index (χ0v) is 3.73. The molecule has 0 unspecified atom stereocenters. The molecular weight excluding hydrogens is 114 g/mol. The molecule has 0 bridgehead atoms. The van der Waals surface area contributed by atoms with Gasteiger partial charge in [0.05, 0.1) is 6.20 Å². The molecule has 1 aromatic rings. The first-order chi connectivity index (χ1) is 3.80. The first-order valence-corrected chi connectivity index (χ1v) is 1.85. The maximum absolute atomic E-state index is 11.8. The number of rotatable bonds is 0. The van der Waals surface area contributed by atoms with Crippen LogP contribution in [0.1, 0.15) is 0 Å². The fourth-order valence-corrected chi connectivity index (χ4v) is 0.265. The third-order valence-corrected chi connectivity index (χ3v) is 0.581. The van der Waals surface area contributed by atoms with Crippen LogP contribution in [0.3, 0.4) is 0 Å². The maximum Gasteiger partial charge on any atom is 0.252 e. The van der Waals surface area contributed by atoms with Crippen molar-refractivity contribution >= 4 is 0 Å². The summed E-state index contributed by atoms with van der Waals surface area (Å²) in [6, 6.07) is 0. The van der Waals surface area contributed by atoms with Crippen LogP contribution in [-0.2, 0) is 0 Å². The zero-order chi connectivity index (χ0) is 5.98. The lowest BCUT2D eigenvalue weighted by molar-refractivity contribution is 0.472. The van der Waals surface area contributed by atoms with Gasteiger partial charge < -0.3 is 0 Å². The number of nitrogens with zero attached hydrogens (tertiary/aromatic N) is 2. The van der Waals surface area contributed by atoms with Gasteiger partial charge >= 0.3 is 0 Å². The van der Waals surface area contributed by atoms with Crippen LogP contribution in [0.2, 0.25) is 0 Å². The Bertz CT molecular complexity index is 168. The Balaban J connectivity index is 3.13. The Labute approximate surface area is 44.2 Å². The van der Waals surface area contributed by atoms with Gasteiger partial charge in [-0.15, -0.1) is 0 Å². The summed E-state index contributed by atoms with van der Waals surface area (Å²) >= 11 is 0. The lowest BCUT2D eigenvalue weighted by Gasteiger charge is -1.82. The number of hydrogen-bond donors (Lipinski definition) is 0. The lowest BCUT2D eigenvalue weighted by atomic mass is 10.6. The van der Waals surface area contributed by atoms with E-state index in [-0.39, 0.29) is 0 Å². The molecule has 0 aliphatic heterocycles. The van der Waals surface area contributed by atoms with E-state index in [1.54, 1.807) is 0 Å². The van der Waals surface area contributed by atoms with E-state index in [4.69, 9.17) is 0 Å². The van der Waals surface area contributed by atoms with Gasteiger partial charge in [-0.3, -0.25) is 0 Å². The van der Waals surface area contributed by atoms with Crippen LogP contribution in [-0.4, -0.2) is 9.97 Å². The SMILES string of the molecule is Fc1cn[c]nc1F. The minimum Gasteiger partial charge on any atom is -0.231 e. The summed E-state index contributed by atoms with van der Waals surface area (Å²) in [6.07, 6.45) is 2.60. The molecule has 1 radical (unpaired) electrons. The van der Waals surface area contributed by atoms with Crippen molar-refractivity contribution in [2.24, 2.45) is 0 Å². The summed E-state index contributed by atoms with van der Waals surface area (Å²) in [5.41, 5.74) is 0. The second kappa shape index (κ2) is 1.81. The number of halogens is 2. The highest BCUT2D eigenvalue weighted by atomic mass is 19.2. The van der Waals surface area contributed by atoms with Crippen LogP contribution < -0.4 is 0 Å². The molecule has 0 aliphatic carbocycles. The van der Waals surface area contributed by atoms with E-state index in [0.717, 1.165) is 0 Å². The number of aromatic nitrogens is 2. The fourth-order valence-electron chi connectivity index (χ4n) is 0.265. The highest BCUT2D eigenvalue weighted by Crippen LogP contribution is 1.94. The molecule has 41 valence electrons. The molecular formula is C4HF2N2. The minimum absolute atomic E-state index is 0.711. The van der Waals surface area contributed by atoms with Gasteiger partial charge in [-0.1, -0.05) is 0 Å². The molecule has 0 N–H and O–H groups in total. The summed E-state index contributed by atoms with van der Waals surface area (Å²) in [7, 11) is 0. The second-order valence-corrected chi connectivity index (χ2v) is 1.11. The Morgan fingerprint density at radius 2 is 2.25 bits per heavy atom. The van der Waals surface area contributed by atoms with E-state index in [1.807, 2.05) is 6.33 Å². The fraction of sp³-hybridized carbons (Fsp3) is 0. The quantitative estimate of drug-likeness (QED) is 0.461. The Morgan fingerprint density at radius 3 is 2.62 bits per heavy atom. The van der Waals surface area contributed by atoms with Gasteiger partial charge in [-0.05, 0) is 0 Å². The van der Waals surface area contributed by atoms with Crippen LogP contribution in [0.25, 0.3) is 0 Å². The van der Waals surface area contributed by atoms with Crippen molar-refractivity contribution in [2.75, 3.05) is 0 Å². The van der Waals surface area contributed by atoms with Gasteiger partial charge in [0, 0.05) is 0 Å². The van der Waals surface area contributed by atoms with Crippen LogP contribution in [0.5, 0.6) is 0 Å². The van der Waals surface area contributed by atoms with Crippen molar-refractivity contribution in [3.63, 3.8) is 0 Å². The van der Waals surface area contributed by atoms with E-state index >= 15 is 0 Å². The summed E-state index contributed by atoms with van der Waals surface area (Å²) in [4.78, 5) is 5.89. The molecule has 0 amide bonds. The molecule has 0 aromatic carbocycles. The van der Waals surface area contributed by atoms with Gasteiger partial charge in [0.2, 0.25) is 6.33 Å². The Hall–Kier alpha value is -1.06. The van der Waals surface area contributed by atoms with Crippen molar-refractivity contribution in [1.82, 2.24) is 9.97 Å². The molecule has 0 atom stereocenters. The molecule has 1 heterocycles. The first kappa shape index (κ1) is 5.08. The van der Waals surface area contributed by atoms with Crippen molar-refractivity contribution in [3.05, 3.63) is 24.3 Å². The predicted molar refractivity (Wildman–Crippen MR) is 20.8 cm³/mol. The van der Waals surface area contributed by atoms with Crippen molar-refractivity contribution in [2.45, 2.75) is 0 Å². The molecule has 1 aromatic heterocycles. The average molecular weight is 115 g/mol. The smallest absolute Gasteiger partial charge is 0.231 e. The van der Waals surface area contributed by atoms with E-state index in [0.29, 0.717) is 6.20 Å². The Kier molecular flexibility index (Phi) is 1.15. The Morgan fingerprint density at radius 1 is 1.50 bits per heavy atom. The van der Waals surface area contributed by atoms with Crippen LogP contribution >= 0.6 is 0 Å². The maximum atomic E-state index is 11.8. The molecule has 0 fully saturated rings. The van der Waals surface area contributed by atoms with E-state index in [9.17, 15) is 8.78 Å². The molecule has 4 heteroatoms. The normalized spacial score (nSPS) is 9.25. The summed E-state index contributed by atoms with van der Waals surface area (Å²) < 4.78 is 23.6. The number of hydrogen-bond acceptors (Lipinski definition) is 2. The summed E-state index contributed by atoms with van der Waals surface area (Å²) in [6.45, 7) is 0. The lowest BCUT2D eigenvalue weighted by Crippen LogP contribution is -1.88. The second-order valence-electron chi connectivity index (χ2n) is 1.11. The van der Waals surface area contributed by atoms with E-state index in [2.05, 4.69) is 9.97 Å². The van der Waals surface area contributed by atoms with Gasteiger partial charge in [-0.2, -0.15) is 9.37 Å². The molecule has 8 heavy (non-hydrogen) atoms. The van der Waals surface area contributed by atoms with Crippen LogP contribution in [0.15, 0.2) is 6.20 Å². The highest BCUT2D eigenvalue weighted by Gasteiger charge is 1.97. The summed E-state index contributed by atoms with van der Waals surface area (Å²) in [5, 5.41) is 0. The van der Waals surface area contributed by atoms with Gasteiger partial charge in [0.15, 0.2) is 5.82 Å². The highest BCUT2D eigenvalue weighted by molar-refractivity contribution is 4.84. The molecule has 0 aliphatic rings. The third-order valence-electron chi connectivity index (χ3n) is 0.581. The molecule has 0 saturated carbocycles. The predicted octanol–water partition coefficient (Wildman–Crippen LogP) is 0.555. The monoisotopic (exact) mass is 115 g/mol. The van der Waals surface area contributed by atoms with Gasteiger partial charge in [0.25, 0.3) is 5.95 Å². The molecule has 2 nitrogen and oxygen atoms in total. The van der Waals surface area contributed by atoms with Crippen molar-refractivity contribution in [3.8, 4) is 0 Å².